The number of fused-ring (bicyclic) bond motifs is 3. The number of amides is 3. The molecule has 5 rings (SSSR count). The molecule has 11 heteroatoms. The summed E-state index contributed by atoms with van der Waals surface area (Å²) in [4.78, 5) is 44.4. The maximum absolute atomic E-state index is 13.6. The molecule has 1 aliphatic heterocycles. The van der Waals surface area contributed by atoms with Crippen molar-refractivity contribution in [3.63, 3.8) is 0 Å². The van der Waals surface area contributed by atoms with Crippen LogP contribution in [-0.4, -0.2) is 60.7 Å². The van der Waals surface area contributed by atoms with Crippen LogP contribution in [0.15, 0.2) is 42.5 Å². The van der Waals surface area contributed by atoms with Crippen LogP contribution in [0.25, 0.3) is 10.9 Å². The highest BCUT2D eigenvalue weighted by Gasteiger charge is 2.59. The summed E-state index contributed by atoms with van der Waals surface area (Å²) >= 11 is 5.94. The Morgan fingerprint density at radius 1 is 1.20 bits per heavy atom. The predicted octanol–water partition coefficient (Wildman–Crippen LogP) is 1.10. The minimum atomic E-state index is -0.734. The van der Waals surface area contributed by atoms with E-state index in [-0.39, 0.29) is 42.4 Å². The van der Waals surface area contributed by atoms with E-state index in [0.29, 0.717) is 28.2 Å². The number of aliphatic hydroxyl groups excluding tert-OH is 1. The second-order valence-electron chi connectivity index (χ2n) is 9.12. The van der Waals surface area contributed by atoms with Crippen LogP contribution in [0.1, 0.15) is 29.5 Å². The van der Waals surface area contributed by atoms with Crippen LogP contribution in [0.3, 0.4) is 0 Å². The van der Waals surface area contributed by atoms with E-state index in [1.54, 1.807) is 42.5 Å². The Bertz CT molecular complexity index is 1330. The average molecular weight is 497 g/mol. The molecular weight excluding hydrogens is 472 g/mol. The highest BCUT2D eigenvalue weighted by molar-refractivity contribution is 6.29. The first-order valence-electron chi connectivity index (χ1n) is 11.4. The van der Waals surface area contributed by atoms with Gasteiger partial charge < -0.3 is 21.1 Å². The minimum Gasteiger partial charge on any atom is -0.391 e. The number of piperidine rings is 1. The number of aromatic nitrogens is 3. The van der Waals surface area contributed by atoms with Gasteiger partial charge in [0.15, 0.2) is 5.69 Å². The monoisotopic (exact) mass is 496 g/mol. The van der Waals surface area contributed by atoms with Crippen molar-refractivity contribution in [3.8, 4) is 0 Å². The van der Waals surface area contributed by atoms with E-state index in [1.807, 2.05) is 6.92 Å². The number of halogens is 1. The second-order valence-corrected chi connectivity index (χ2v) is 9.51. The van der Waals surface area contributed by atoms with Gasteiger partial charge in [0.1, 0.15) is 17.7 Å². The van der Waals surface area contributed by atoms with Crippen molar-refractivity contribution in [2.45, 2.75) is 44.6 Å². The van der Waals surface area contributed by atoms with Crippen molar-refractivity contribution in [2.75, 3.05) is 0 Å². The molecule has 2 bridgehead atoms. The van der Waals surface area contributed by atoms with Crippen LogP contribution < -0.4 is 11.1 Å². The molecule has 1 unspecified atom stereocenters. The molecule has 2 aliphatic rings. The van der Waals surface area contributed by atoms with Crippen LogP contribution in [0, 0.1) is 11.8 Å². The number of para-hydroxylation sites is 1. The Morgan fingerprint density at radius 3 is 2.71 bits per heavy atom. The zero-order chi connectivity index (χ0) is 24.9. The fraction of sp³-hybridized carbons (Fsp3) is 0.375. The number of hydrogen-bond acceptors (Lipinski definition) is 6. The number of nitrogens with one attached hydrogen (secondary N) is 1. The van der Waals surface area contributed by atoms with Gasteiger partial charge in [-0.15, -0.1) is 0 Å². The number of benzene rings is 1. The lowest BCUT2D eigenvalue weighted by Crippen LogP contribution is -2.57. The number of hydrogen-bond donors (Lipinski definition) is 3. The van der Waals surface area contributed by atoms with Crippen molar-refractivity contribution in [1.82, 2.24) is 25.0 Å². The lowest BCUT2D eigenvalue weighted by atomic mass is 9.92. The molecule has 182 valence electrons. The number of primary amides is 1. The normalized spacial score (nSPS) is 25.2. The van der Waals surface area contributed by atoms with Crippen molar-refractivity contribution >= 4 is 40.2 Å². The maximum atomic E-state index is 13.6. The molecule has 2 fully saturated rings. The third kappa shape index (κ3) is 4.02. The number of pyridine rings is 1. The Morgan fingerprint density at radius 2 is 1.97 bits per heavy atom. The summed E-state index contributed by atoms with van der Waals surface area (Å²) in [5, 5.41) is 18.6. The zero-order valence-corrected chi connectivity index (χ0v) is 19.7. The molecule has 35 heavy (non-hydrogen) atoms. The molecular formula is C24H25ClN6O4. The van der Waals surface area contributed by atoms with E-state index < -0.39 is 24.1 Å². The molecule has 1 aromatic carbocycles. The van der Waals surface area contributed by atoms with Gasteiger partial charge in [0.25, 0.3) is 5.91 Å². The fourth-order valence-corrected chi connectivity index (χ4v) is 5.78. The van der Waals surface area contributed by atoms with E-state index in [1.165, 1.54) is 9.58 Å². The second kappa shape index (κ2) is 8.94. The average Bonchev–Trinajstić information content (AvgIpc) is 3.43. The van der Waals surface area contributed by atoms with Crippen LogP contribution in [0.5, 0.6) is 0 Å². The molecule has 2 aromatic heterocycles. The van der Waals surface area contributed by atoms with E-state index in [0.717, 1.165) is 0 Å². The number of likely N-dealkylation sites (tertiary alicyclic amines) is 1. The van der Waals surface area contributed by atoms with Crippen molar-refractivity contribution in [3.05, 3.63) is 59.0 Å². The third-order valence-electron chi connectivity index (χ3n) is 7.10. The third-order valence-corrected chi connectivity index (χ3v) is 7.31. The molecule has 0 radical (unpaired) electrons. The summed E-state index contributed by atoms with van der Waals surface area (Å²) in [6, 6.07) is 10.9. The molecule has 1 saturated carbocycles. The van der Waals surface area contributed by atoms with Gasteiger partial charge in [0.2, 0.25) is 11.8 Å². The topological polar surface area (TPSA) is 143 Å². The van der Waals surface area contributed by atoms with Gasteiger partial charge in [-0.2, -0.15) is 5.10 Å². The van der Waals surface area contributed by atoms with Crippen molar-refractivity contribution in [1.29, 1.82) is 0 Å². The molecule has 1 saturated heterocycles. The van der Waals surface area contributed by atoms with Gasteiger partial charge in [-0.1, -0.05) is 42.8 Å². The first kappa shape index (κ1) is 23.3. The number of nitrogens with zero attached hydrogens (tertiary/aromatic N) is 4. The molecule has 3 aromatic rings. The van der Waals surface area contributed by atoms with Gasteiger partial charge in [-0.25, -0.2) is 4.98 Å². The Kier molecular flexibility index (Phi) is 5.94. The first-order chi connectivity index (χ1) is 16.8. The molecule has 10 nitrogen and oxygen atoms in total. The Labute approximate surface area is 206 Å². The fourth-order valence-electron chi connectivity index (χ4n) is 5.60. The summed E-state index contributed by atoms with van der Waals surface area (Å²) in [5.41, 5.74) is 6.73. The minimum absolute atomic E-state index is 0.0514. The van der Waals surface area contributed by atoms with Gasteiger partial charge in [-0.3, -0.25) is 19.1 Å². The van der Waals surface area contributed by atoms with Gasteiger partial charge in [0, 0.05) is 5.39 Å². The van der Waals surface area contributed by atoms with Crippen molar-refractivity contribution < 1.29 is 19.5 Å². The molecule has 1 aliphatic carbocycles. The maximum Gasteiger partial charge on any atom is 0.269 e. The molecule has 3 amide bonds. The lowest BCUT2D eigenvalue weighted by molar-refractivity contribution is -0.146. The molecule has 0 spiro atoms. The Balaban J connectivity index is 1.41. The summed E-state index contributed by atoms with van der Waals surface area (Å²) in [6.45, 7) is 1.92. The van der Waals surface area contributed by atoms with E-state index in [2.05, 4.69) is 15.4 Å². The number of aliphatic hydroxyl groups is 1. The largest absolute Gasteiger partial charge is 0.391 e. The van der Waals surface area contributed by atoms with Gasteiger partial charge in [-0.05, 0) is 36.5 Å². The SMILES string of the molecule is C[C@@H]1[C@@H]2[C@H](O)C[C@H]1C(C(=O)NCc1cccc(Cl)n1)N2C(=O)Cn1nc(C(N)=O)c2ccccc21. The van der Waals surface area contributed by atoms with E-state index in [9.17, 15) is 19.5 Å². The standard InChI is InChI=1S/C24H25ClN6O4/c1-12-15-9-17(32)21(12)31(22(15)24(35)27-10-13-5-4-8-18(25)28-13)19(33)11-30-16-7-3-2-6-14(16)20(29-30)23(26)34/h2-8,12,15,17,21-22,32H,9-11H2,1H3,(H2,26,34)(H,27,35)/t12-,15+,17+,21+,22?/m0/s1. The van der Waals surface area contributed by atoms with E-state index >= 15 is 0 Å². The highest BCUT2D eigenvalue weighted by atomic mass is 35.5. The number of nitrogens with two attached hydrogens (primary N) is 1. The van der Waals surface area contributed by atoms with Crippen LogP contribution >= 0.6 is 11.6 Å². The summed E-state index contributed by atoms with van der Waals surface area (Å²) in [6.07, 6.45) is -0.271. The quantitative estimate of drug-likeness (QED) is 0.436. The lowest BCUT2D eigenvalue weighted by Gasteiger charge is -2.37. The van der Waals surface area contributed by atoms with Crippen LogP contribution in [-0.2, 0) is 22.7 Å². The number of carbonyl (C=O) groups excluding carboxylic acids is 3. The smallest absolute Gasteiger partial charge is 0.269 e. The summed E-state index contributed by atoms with van der Waals surface area (Å²) in [7, 11) is 0. The summed E-state index contributed by atoms with van der Waals surface area (Å²) < 4.78 is 1.42. The number of carbonyl (C=O) groups is 3. The van der Waals surface area contributed by atoms with Gasteiger partial charge >= 0.3 is 0 Å². The molecule has 4 N–H and O–H groups in total. The molecule has 3 heterocycles. The highest BCUT2D eigenvalue weighted by Crippen LogP contribution is 2.47. The van der Waals surface area contributed by atoms with E-state index in [4.69, 9.17) is 17.3 Å². The predicted molar refractivity (Wildman–Crippen MR) is 127 cm³/mol. The van der Waals surface area contributed by atoms with Gasteiger partial charge in [0.05, 0.1) is 29.9 Å². The molecule has 5 atom stereocenters. The van der Waals surface area contributed by atoms with Crippen molar-refractivity contribution in [2.24, 2.45) is 17.6 Å². The zero-order valence-electron chi connectivity index (χ0n) is 19.0. The Hall–Kier alpha value is -3.50. The van der Waals surface area contributed by atoms with Crippen LogP contribution in [0.2, 0.25) is 5.15 Å². The number of rotatable bonds is 6. The first-order valence-corrected chi connectivity index (χ1v) is 11.8. The summed E-state index contributed by atoms with van der Waals surface area (Å²) in [5.74, 6) is -1.60. The van der Waals surface area contributed by atoms with Crippen LogP contribution in [0.4, 0.5) is 0 Å².